The molecular weight excluding hydrogens is 240 g/mol. The number of rotatable bonds is 2. The van der Waals surface area contributed by atoms with Crippen LogP contribution in [0.1, 0.15) is 32.8 Å². The average molecular weight is 260 g/mol. The number of likely N-dealkylation sites (N-methyl/N-ethyl adjacent to an activating group) is 1. The Hall–Kier alpha value is -1.84. The summed E-state index contributed by atoms with van der Waals surface area (Å²) in [4.78, 5) is 18.6. The number of carbonyl (C=O) groups is 1. The van der Waals surface area contributed by atoms with Gasteiger partial charge in [-0.25, -0.2) is 0 Å². The first kappa shape index (κ1) is 13.6. The molecule has 1 aromatic rings. The molecule has 4 heteroatoms. The molecule has 1 amide bonds. The fourth-order valence-electron chi connectivity index (χ4n) is 2.41. The molecule has 19 heavy (non-hydrogen) atoms. The van der Waals surface area contributed by atoms with Crippen LogP contribution in [0.25, 0.3) is 0 Å². The van der Waals surface area contributed by atoms with Crippen LogP contribution in [0.4, 0.5) is 5.69 Å². The second-order valence-electron chi connectivity index (χ2n) is 5.46. The lowest BCUT2D eigenvalue weighted by atomic mass is 10.0. The predicted molar refractivity (Wildman–Crippen MR) is 77.0 cm³/mol. The van der Waals surface area contributed by atoms with Crippen LogP contribution in [0.15, 0.2) is 23.2 Å². The van der Waals surface area contributed by atoms with Gasteiger partial charge in [-0.2, -0.15) is 0 Å². The Kier molecular flexibility index (Phi) is 3.60. The Morgan fingerprint density at radius 1 is 1.42 bits per heavy atom. The third kappa shape index (κ3) is 2.62. The number of fused-ring (bicyclic) bond motifs is 1. The van der Waals surface area contributed by atoms with Crippen molar-refractivity contribution in [1.29, 1.82) is 0 Å². The number of aromatic hydroxyl groups is 1. The van der Waals surface area contributed by atoms with Gasteiger partial charge in [0.05, 0.1) is 5.69 Å². The van der Waals surface area contributed by atoms with Crippen molar-refractivity contribution in [2.24, 2.45) is 10.9 Å². The van der Waals surface area contributed by atoms with E-state index in [0.717, 1.165) is 23.4 Å². The second kappa shape index (κ2) is 5.03. The first-order valence-electron chi connectivity index (χ1n) is 6.55. The molecule has 0 spiro atoms. The van der Waals surface area contributed by atoms with Crippen LogP contribution in [-0.2, 0) is 4.79 Å². The molecule has 0 aromatic heterocycles. The van der Waals surface area contributed by atoms with Crippen molar-refractivity contribution in [3.8, 4) is 5.75 Å². The zero-order chi connectivity index (χ0) is 14.2. The summed E-state index contributed by atoms with van der Waals surface area (Å²) in [6.45, 7) is 6.06. The number of benzodiazepines with no additional fused rings is 1. The molecule has 1 N–H and O–H groups in total. The van der Waals surface area contributed by atoms with Gasteiger partial charge in [0.15, 0.2) is 0 Å². The van der Waals surface area contributed by atoms with E-state index in [2.05, 4.69) is 18.8 Å². The van der Waals surface area contributed by atoms with E-state index < -0.39 is 0 Å². The van der Waals surface area contributed by atoms with Crippen molar-refractivity contribution in [2.75, 3.05) is 11.9 Å². The lowest BCUT2D eigenvalue weighted by molar-refractivity contribution is -0.119. The normalized spacial score (nSPS) is 19.2. The molecule has 1 aliphatic rings. The van der Waals surface area contributed by atoms with Crippen LogP contribution in [0, 0.1) is 5.92 Å². The Balaban J connectivity index is 2.49. The number of hydrogen-bond donors (Lipinski definition) is 1. The lowest BCUT2D eigenvalue weighted by Gasteiger charge is -2.21. The van der Waals surface area contributed by atoms with E-state index in [0.29, 0.717) is 5.92 Å². The molecule has 1 unspecified atom stereocenters. The highest BCUT2D eigenvalue weighted by Crippen LogP contribution is 2.29. The Labute approximate surface area is 113 Å². The number of nitrogens with zero attached hydrogens (tertiary/aromatic N) is 2. The van der Waals surface area contributed by atoms with Gasteiger partial charge in [-0.15, -0.1) is 0 Å². The first-order valence-corrected chi connectivity index (χ1v) is 6.55. The van der Waals surface area contributed by atoms with E-state index >= 15 is 0 Å². The van der Waals surface area contributed by atoms with E-state index in [9.17, 15) is 9.90 Å². The maximum Gasteiger partial charge on any atom is 0.251 e. The van der Waals surface area contributed by atoms with E-state index in [1.165, 1.54) is 0 Å². The van der Waals surface area contributed by atoms with Crippen molar-refractivity contribution in [3.05, 3.63) is 23.8 Å². The van der Waals surface area contributed by atoms with Gasteiger partial charge in [0.25, 0.3) is 5.91 Å². The fraction of sp³-hybridized carbons (Fsp3) is 0.467. The minimum Gasteiger partial charge on any atom is -0.508 e. The molecule has 1 aromatic carbocycles. The summed E-state index contributed by atoms with van der Waals surface area (Å²) in [6, 6.07) is 4.69. The summed E-state index contributed by atoms with van der Waals surface area (Å²) in [6.07, 6.45) is 0.737. The number of phenols is 1. The van der Waals surface area contributed by atoms with Gasteiger partial charge in [0.2, 0.25) is 0 Å². The highest BCUT2D eigenvalue weighted by molar-refractivity contribution is 6.11. The maximum atomic E-state index is 12.4. The van der Waals surface area contributed by atoms with E-state index in [4.69, 9.17) is 0 Å². The van der Waals surface area contributed by atoms with Crippen LogP contribution >= 0.6 is 0 Å². The molecular formula is C15H20N2O2. The molecule has 0 saturated carbocycles. The van der Waals surface area contributed by atoms with Gasteiger partial charge < -0.3 is 10.0 Å². The fourth-order valence-corrected chi connectivity index (χ4v) is 2.41. The number of benzene rings is 1. The second-order valence-corrected chi connectivity index (χ2v) is 5.46. The highest BCUT2D eigenvalue weighted by atomic mass is 16.3. The smallest absolute Gasteiger partial charge is 0.251 e. The maximum absolute atomic E-state index is 12.4. The van der Waals surface area contributed by atoms with Crippen LogP contribution < -0.4 is 4.90 Å². The number of amides is 1. The summed E-state index contributed by atoms with van der Waals surface area (Å²) in [5.41, 5.74) is 2.42. The minimum atomic E-state index is -0.334. The van der Waals surface area contributed by atoms with Crippen LogP contribution in [0.2, 0.25) is 0 Å². The summed E-state index contributed by atoms with van der Waals surface area (Å²) in [5, 5.41) is 9.60. The minimum absolute atomic E-state index is 0.0116. The quantitative estimate of drug-likeness (QED) is 0.888. The number of anilines is 1. The Morgan fingerprint density at radius 3 is 2.74 bits per heavy atom. The summed E-state index contributed by atoms with van der Waals surface area (Å²) in [5.74, 6) is 0.613. The largest absolute Gasteiger partial charge is 0.508 e. The summed E-state index contributed by atoms with van der Waals surface area (Å²) >= 11 is 0. The van der Waals surface area contributed by atoms with E-state index in [1.807, 2.05) is 6.92 Å². The standard InChI is InChI=1S/C15H20N2O2/c1-9(2)7-13-15(19)17(4)14-6-5-11(18)8-12(14)10(3)16-13/h5-6,8-9,13,18H,7H2,1-4H3. The predicted octanol–water partition coefficient (Wildman–Crippen LogP) is 2.59. The molecule has 1 aliphatic heterocycles. The molecule has 0 bridgehead atoms. The third-order valence-corrected chi connectivity index (χ3v) is 3.39. The zero-order valence-corrected chi connectivity index (χ0v) is 11.8. The summed E-state index contributed by atoms with van der Waals surface area (Å²) < 4.78 is 0. The third-order valence-electron chi connectivity index (χ3n) is 3.39. The molecule has 2 rings (SSSR count). The van der Waals surface area contributed by atoms with Crippen molar-refractivity contribution < 1.29 is 9.90 Å². The first-order chi connectivity index (χ1) is 8.90. The topological polar surface area (TPSA) is 52.9 Å². The van der Waals surface area contributed by atoms with Gasteiger partial charge >= 0.3 is 0 Å². The average Bonchev–Trinajstić information content (AvgIpc) is 2.42. The molecule has 4 nitrogen and oxygen atoms in total. The highest BCUT2D eigenvalue weighted by Gasteiger charge is 2.28. The number of carbonyl (C=O) groups excluding carboxylic acids is 1. The SMILES string of the molecule is CC1=NC(CC(C)C)C(=O)N(C)c2ccc(O)cc21. The number of aliphatic imine (C=N–C) groups is 1. The van der Waals surface area contributed by atoms with Crippen molar-refractivity contribution in [2.45, 2.75) is 33.2 Å². The van der Waals surface area contributed by atoms with E-state index in [1.54, 1.807) is 30.1 Å². The molecule has 0 fully saturated rings. The molecule has 1 heterocycles. The van der Waals surface area contributed by atoms with Gasteiger partial charge in [-0.1, -0.05) is 13.8 Å². The Morgan fingerprint density at radius 2 is 2.11 bits per heavy atom. The zero-order valence-electron chi connectivity index (χ0n) is 11.8. The molecule has 0 saturated heterocycles. The van der Waals surface area contributed by atoms with Crippen LogP contribution in [0.3, 0.4) is 0 Å². The van der Waals surface area contributed by atoms with Gasteiger partial charge in [-0.3, -0.25) is 9.79 Å². The molecule has 1 atom stereocenters. The van der Waals surface area contributed by atoms with Crippen molar-refractivity contribution in [3.63, 3.8) is 0 Å². The Bertz CT molecular complexity index is 535. The van der Waals surface area contributed by atoms with Crippen molar-refractivity contribution in [1.82, 2.24) is 0 Å². The lowest BCUT2D eigenvalue weighted by Crippen LogP contribution is -2.35. The molecule has 0 radical (unpaired) electrons. The number of phenolic OH excluding ortho intramolecular Hbond substituents is 1. The summed E-state index contributed by atoms with van der Waals surface area (Å²) in [7, 11) is 1.76. The van der Waals surface area contributed by atoms with Gasteiger partial charge in [0.1, 0.15) is 11.8 Å². The van der Waals surface area contributed by atoms with Crippen LogP contribution in [-0.4, -0.2) is 29.8 Å². The molecule has 102 valence electrons. The van der Waals surface area contributed by atoms with Gasteiger partial charge in [-0.05, 0) is 37.5 Å². The molecule has 0 aliphatic carbocycles. The number of hydrogen-bond acceptors (Lipinski definition) is 3. The van der Waals surface area contributed by atoms with E-state index in [-0.39, 0.29) is 17.7 Å². The monoisotopic (exact) mass is 260 g/mol. The van der Waals surface area contributed by atoms with Crippen LogP contribution in [0.5, 0.6) is 5.75 Å². The van der Waals surface area contributed by atoms with Crippen molar-refractivity contribution >= 4 is 17.3 Å². The van der Waals surface area contributed by atoms with Gasteiger partial charge in [0, 0.05) is 18.3 Å².